The molecule has 0 fully saturated rings. The van der Waals surface area contributed by atoms with E-state index in [-0.39, 0.29) is 24.3 Å². The maximum absolute atomic E-state index is 13.4. The van der Waals surface area contributed by atoms with Gasteiger partial charge in [-0.25, -0.2) is 4.39 Å². The number of pyridine rings is 1. The topological polar surface area (TPSA) is 71.3 Å². The average Bonchev–Trinajstić information content (AvgIpc) is 2.67. The lowest BCUT2D eigenvalue weighted by atomic mass is 10.0. The van der Waals surface area contributed by atoms with Crippen molar-refractivity contribution < 1.29 is 27.5 Å². The van der Waals surface area contributed by atoms with E-state index in [2.05, 4.69) is 5.32 Å². The molecular weight excluding hydrogens is 404 g/mol. The van der Waals surface area contributed by atoms with Crippen molar-refractivity contribution in [2.75, 3.05) is 11.9 Å². The molecule has 2 N–H and O–H groups in total. The number of aliphatic hydroxyl groups is 1. The Kier molecular flexibility index (Phi) is 5.93. The number of halogens is 4. The molecule has 0 radical (unpaired) electrons. The van der Waals surface area contributed by atoms with Gasteiger partial charge < -0.3 is 15.0 Å². The number of nitrogens with one attached hydrogen (secondary N) is 1. The van der Waals surface area contributed by atoms with Crippen LogP contribution in [0.3, 0.4) is 0 Å². The summed E-state index contributed by atoms with van der Waals surface area (Å²) in [7, 11) is 0. The van der Waals surface area contributed by atoms with Gasteiger partial charge in [0.2, 0.25) is 5.91 Å². The van der Waals surface area contributed by atoms with Gasteiger partial charge in [-0.05, 0) is 42.3 Å². The summed E-state index contributed by atoms with van der Waals surface area (Å²) in [5.74, 6) is -2.01. The number of hydrogen-bond donors (Lipinski definition) is 2. The summed E-state index contributed by atoms with van der Waals surface area (Å²) in [5, 5.41) is 12.5. The van der Waals surface area contributed by atoms with Gasteiger partial charge in [-0.3, -0.25) is 9.59 Å². The smallest absolute Gasteiger partial charge is 0.395 e. The van der Waals surface area contributed by atoms with Crippen molar-refractivity contribution in [1.82, 2.24) is 4.57 Å². The molecule has 1 aromatic heterocycles. The van der Waals surface area contributed by atoms with E-state index in [4.69, 9.17) is 5.11 Å². The molecule has 1 heterocycles. The molecule has 0 saturated heterocycles. The monoisotopic (exact) mass is 422 g/mol. The van der Waals surface area contributed by atoms with Crippen molar-refractivity contribution in [1.29, 1.82) is 0 Å². The van der Waals surface area contributed by atoms with Gasteiger partial charge in [-0.1, -0.05) is 12.1 Å². The van der Waals surface area contributed by atoms with E-state index in [1.54, 1.807) is 25.1 Å². The minimum Gasteiger partial charge on any atom is -0.395 e. The molecule has 1 amide bonds. The molecule has 158 valence electrons. The van der Waals surface area contributed by atoms with Crippen LogP contribution < -0.4 is 10.9 Å². The number of amides is 1. The minimum atomic E-state index is -4.86. The maximum atomic E-state index is 13.4. The number of benzene rings is 2. The Bertz CT molecular complexity index is 1170. The standard InChI is InChI=1S/C21H18F4N2O3/c1-12-2-4-15-14(6-7-27(8-9-28)20(15)30)19(12)26-18(29)11-13-3-5-17(22)16(10-13)21(23,24)25/h2-7,10,28H,8-9,11H2,1H3,(H,26,29). The summed E-state index contributed by atoms with van der Waals surface area (Å²) < 4.78 is 53.4. The van der Waals surface area contributed by atoms with Crippen LogP contribution in [0.4, 0.5) is 23.2 Å². The molecule has 0 spiro atoms. The summed E-state index contributed by atoms with van der Waals surface area (Å²) in [5.41, 5.74) is -0.748. The first kappa shape index (κ1) is 21.5. The van der Waals surface area contributed by atoms with E-state index < -0.39 is 29.9 Å². The molecule has 0 aliphatic carbocycles. The average molecular weight is 422 g/mol. The number of alkyl halides is 3. The van der Waals surface area contributed by atoms with Crippen LogP contribution in [0.15, 0.2) is 47.4 Å². The largest absolute Gasteiger partial charge is 0.419 e. The highest BCUT2D eigenvalue weighted by Gasteiger charge is 2.34. The van der Waals surface area contributed by atoms with Gasteiger partial charge in [0.15, 0.2) is 0 Å². The number of aliphatic hydroxyl groups excluding tert-OH is 1. The third-order valence-corrected chi connectivity index (χ3v) is 4.67. The number of rotatable bonds is 5. The summed E-state index contributed by atoms with van der Waals surface area (Å²) in [6.45, 7) is 1.63. The molecule has 0 bridgehead atoms. The SMILES string of the molecule is Cc1ccc2c(=O)n(CCO)ccc2c1NC(=O)Cc1ccc(F)c(C(F)(F)F)c1. The number of carbonyl (C=O) groups is 1. The fourth-order valence-corrected chi connectivity index (χ4v) is 3.19. The number of aryl methyl sites for hydroxylation is 1. The Morgan fingerprint density at radius 3 is 2.53 bits per heavy atom. The normalized spacial score (nSPS) is 11.7. The lowest BCUT2D eigenvalue weighted by molar-refractivity contribution is -0.140. The number of carbonyl (C=O) groups excluding carboxylic acids is 1. The van der Waals surface area contributed by atoms with Gasteiger partial charge >= 0.3 is 6.18 Å². The second-order valence-electron chi connectivity index (χ2n) is 6.79. The summed E-state index contributed by atoms with van der Waals surface area (Å²) in [6, 6.07) is 7.27. The van der Waals surface area contributed by atoms with Crippen molar-refractivity contribution in [3.05, 3.63) is 75.5 Å². The number of fused-ring (bicyclic) bond motifs is 1. The first-order valence-electron chi connectivity index (χ1n) is 9.01. The fraction of sp³-hybridized carbons (Fsp3) is 0.238. The molecule has 30 heavy (non-hydrogen) atoms. The third kappa shape index (κ3) is 4.35. The van der Waals surface area contributed by atoms with Gasteiger partial charge in [-0.15, -0.1) is 0 Å². The Balaban J connectivity index is 1.91. The van der Waals surface area contributed by atoms with Crippen LogP contribution >= 0.6 is 0 Å². The molecule has 3 aromatic rings. The highest BCUT2D eigenvalue weighted by atomic mass is 19.4. The van der Waals surface area contributed by atoms with Crippen LogP contribution in [0.1, 0.15) is 16.7 Å². The summed E-state index contributed by atoms with van der Waals surface area (Å²) in [6.07, 6.45) is -3.77. The Labute approximate surface area is 168 Å². The van der Waals surface area contributed by atoms with E-state index in [0.717, 1.165) is 6.07 Å². The zero-order chi connectivity index (χ0) is 22.1. The lowest BCUT2D eigenvalue weighted by Crippen LogP contribution is -2.22. The van der Waals surface area contributed by atoms with Gasteiger partial charge in [0.25, 0.3) is 5.56 Å². The molecule has 0 aliphatic heterocycles. The lowest BCUT2D eigenvalue weighted by Gasteiger charge is -2.14. The minimum absolute atomic E-state index is 0.00409. The Morgan fingerprint density at radius 2 is 1.87 bits per heavy atom. The highest BCUT2D eigenvalue weighted by molar-refractivity contribution is 6.03. The second kappa shape index (κ2) is 8.27. The third-order valence-electron chi connectivity index (χ3n) is 4.67. The van der Waals surface area contributed by atoms with Crippen molar-refractivity contribution in [2.24, 2.45) is 0 Å². The van der Waals surface area contributed by atoms with Gasteiger partial charge in [0.05, 0.1) is 24.3 Å². The molecule has 0 aliphatic rings. The van der Waals surface area contributed by atoms with E-state index >= 15 is 0 Å². The first-order valence-corrected chi connectivity index (χ1v) is 9.01. The van der Waals surface area contributed by atoms with Crippen LogP contribution in [-0.4, -0.2) is 22.2 Å². The van der Waals surface area contributed by atoms with Crippen molar-refractivity contribution in [2.45, 2.75) is 26.1 Å². The van der Waals surface area contributed by atoms with Crippen LogP contribution in [0, 0.1) is 12.7 Å². The van der Waals surface area contributed by atoms with Crippen molar-refractivity contribution >= 4 is 22.4 Å². The molecule has 2 aromatic carbocycles. The van der Waals surface area contributed by atoms with Gasteiger partial charge in [-0.2, -0.15) is 13.2 Å². The number of aromatic nitrogens is 1. The maximum Gasteiger partial charge on any atom is 0.419 e. The van der Waals surface area contributed by atoms with Crippen LogP contribution in [0.5, 0.6) is 0 Å². The summed E-state index contributed by atoms with van der Waals surface area (Å²) in [4.78, 5) is 25.0. The van der Waals surface area contributed by atoms with Crippen LogP contribution in [-0.2, 0) is 23.9 Å². The molecule has 9 heteroatoms. The van der Waals surface area contributed by atoms with Crippen LogP contribution in [0.25, 0.3) is 10.8 Å². The van der Waals surface area contributed by atoms with Gasteiger partial charge in [0, 0.05) is 23.5 Å². The quantitative estimate of drug-likeness (QED) is 0.617. The fourth-order valence-electron chi connectivity index (χ4n) is 3.19. The van der Waals surface area contributed by atoms with Crippen molar-refractivity contribution in [3.8, 4) is 0 Å². The number of anilines is 1. The molecule has 0 unspecified atom stereocenters. The zero-order valence-corrected chi connectivity index (χ0v) is 15.9. The van der Waals surface area contributed by atoms with E-state index in [0.29, 0.717) is 34.2 Å². The van der Waals surface area contributed by atoms with E-state index in [1.165, 1.54) is 10.8 Å². The zero-order valence-electron chi connectivity index (χ0n) is 15.9. The second-order valence-corrected chi connectivity index (χ2v) is 6.79. The Hall–Kier alpha value is -3.20. The molecule has 3 rings (SSSR count). The molecule has 0 atom stereocenters. The molecular formula is C21H18F4N2O3. The van der Waals surface area contributed by atoms with E-state index in [9.17, 15) is 27.2 Å². The van der Waals surface area contributed by atoms with Gasteiger partial charge in [0.1, 0.15) is 5.82 Å². The highest BCUT2D eigenvalue weighted by Crippen LogP contribution is 2.32. The predicted octanol–water partition coefficient (Wildman–Crippen LogP) is 3.64. The first-order chi connectivity index (χ1) is 14.1. The molecule has 0 saturated carbocycles. The van der Waals surface area contributed by atoms with Crippen molar-refractivity contribution in [3.63, 3.8) is 0 Å². The summed E-state index contributed by atoms with van der Waals surface area (Å²) >= 11 is 0. The van der Waals surface area contributed by atoms with Crippen LogP contribution in [0.2, 0.25) is 0 Å². The van der Waals surface area contributed by atoms with E-state index in [1.807, 2.05) is 0 Å². The Morgan fingerprint density at radius 1 is 1.13 bits per heavy atom. The molecule has 5 nitrogen and oxygen atoms in total. The predicted molar refractivity (Wildman–Crippen MR) is 104 cm³/mol. The number of nitrogens with zero attached hydrogens (tertiary/aromatic N) is 1. The number of hydrogen-bond acceptors (Lipinski definition) is 3.